The average molecular weight is 477 g/mol. The molecule has 5 heterocycles. The summed E-state index contributed by atoms with van der Waals surface area (Å²) in [6, 6.07) is 15.3. The van der Waals surface area contributed by atoms with Crippen LogP contribution in [0.2, 0.25) is 0 Å². The third kappa shape index (κ3) is 3.98. The standard InChI is InChI=1S/C28H28N8/c1-3-22(29-11-1)27-32-15-24(35-27)17-5-7-18(8-6-17)26-31-14-20-13-19(9-10-21(20)34-26)25-16-33-28(36-25)23-4-2-12-30-23/h5-10,13-16,22-23,29-30H,1-4,11-12H2,(H,32,35)(H,33,36)/t22-,23-/m0/s1. The highest BCUT2D eigenvalue weighted by atomic mass is 15.0. The van der Waals surface area contributed by atoms with Crippen LogP contribution < -0.4 is 10.6 Å². The number of nitrogens with one attached hydrogen (secondary N) is 4. The molecule has 0 aliphatic carbocycles. The van der Waals surface area contributed by atoms with Crippen LogP contribution in [0.3, 0.4) is 0 Å². The number of nitrogens with zero attached hydrogens (tertiary/aromatic N) is 4. The third-order valence-electron chi connectivity index (χ3n) is 7.32. The zero-order valence-corrected chi connectivity index (χ0v) is 20.0. The summed E-state index contributed by atoms with van der Waals surface area (Å²) >= 11 is 0. The Bertz CT molecular complexity index is 1500. The molecule has 2 atom stereocenters. The van der Waals surface area contributed by atoms with Crippen molar-refractivity contribution in [1.29, 1.82) is 0 Å². The average Bonchev–Trinajstić information content (AvgIpc) is 3.75. The Morgan fingerprint density at radius 2 is 1.25 bits per heavy atom. The Balaban J connectivity index is 1.11. The lowest BCUT2D eigenvalue weighted by Crippen LogP contribution is -2.14. The number of rotatable bonds is 5. The normalized spacial score (nSPS) is 19.9. The minimum absolute atomic E-state index is 0.330. The maximum atomic E-state index is 4.83. The second-order valence-corrected chi connectivity index (χ2v) is 9.71. The van der Waals surface area contributed by atoms with Gasteiger partial charge in [0.25, 0.3) is 0 Å². The second kappa shape index (κ2) is 8.96. The van der Waals surface area contributed by atoms with Crippen molar-refractivity contribution < 1.29 is 0 Å². The number of hydrogen-bond donors (Lipinski definition) is 4. The summed E-state index contributed by atoms with van der Waals surface area (Å²) in [5, 5.41) is 7.99. The van der Waals surface area contributed by atoms with E-state index in [9.17, 15) is 0 Å². The number of aromatic amines is 2. The molecule has 0 saturated carbocycles. The lowest BCUT2D eigenvalue weighted by atomic mass is 10.1. The number of fused-ring (bicyclic) bond motifs is 1. The van der Waals surface area contributed by atoms with Gasteiger partial charge in [0.2, 0.25) is 0 Å². The van der Waals surface area contributed by atoms with Gasteiger partial charge in [0.05, 0.1) is 41.4 Å². The largest absolute Gasteiger partial charge is 0.341 e. The summed E-state index contributed by atoms with van der Waals surface area (Å²) in [4.78, 5) is 25.6. The maximum absolute atomic E-state index is 4.83. The number of benzene rings is 2. The molecule has 2 aliphatic heterocycles. The molecular weight excluding hydrogens is 448 g/mol. The van der Waals surface area contributed by atoms with Gasteiger partial charge in [-0.3, -0.25) is 0 Å². The van der Waals surface area contributed by atoms with Crippen molar-refractivity contribution in [3.63, 3.8) is 0 Å². The van der Waals surface area contributed by atoms with Crippen LogP contribution in [0, 0.1) is 0 Å². The van der Waals surface area contributed by atoms with Crippen LogP contribution in [0.25, 0.3) is 44.8 Å². The van der Waals surface area contributed by atoms with Crippen molar-refractivity contribution in [1.82, 2.24) is 40.5 Å². The van der Waals surface area contributed by atoms with Crippen molar-refractivity contribution in [3.8, 4) is 33.9 Å². The zero-order chi connectivity index (χ0) is 23.9. The summed E-state index contributed by atoms with van der Waals surface area (Å²) in [5.74, 6) is 2.75. The number of imidazole rings is 2. The number of hydrogen-bond acceptors (Lipinski definition) is 6. The predicted molar refractivity (Wildman–Crippen MR) is 140 cm³/mol. The Kier molecular flexibility index (Phi) is 5.33. The van der Waals surface area contributed by atoms with E-state index >= 15 is 0 Å². The lowest BCUT2D eigenvalue weighted by Gasteiger charge is -2.07. The molecule has 2 aliphatic rings. The first-order valence-corrected chi connectivity index (χ1v) is 12.7. The number of H-pyrrole nitrogens is 2. The molecule has 2 saturated heterocycles. The Morgan fingerprint density at radius 3 is 1.89 bits per heavy atom. The highest BCUT2D eigenvalue weighted by Gasteiger charge is 2.20. The highest BCUT2D eigenvalue weighted by Crippen LogP contribution is 2.28. The van der Waals surface area contributed by atoms with Crippen LogP contribution >= 0.6 is 0 Å². The fraction of sp³-hybridized carbons (Fsp3) is 0.286. The van der Waals surface area contributed by atoms with Crippen LogP contribution in [0.15, 0.2) is 61.1 Å². The van der Waals surface area contributed by atoms with Gasteiger partial charge in [0, 0.05) is 22.7 Å². The Hall–Kier alpha value is -3.88. The van der Waals surface area contributed by atoms with E-state index in [2.05, 4.69) is 78.0 Å². The van der Waals surface area contributed by atoms with E-state index in [1.54, 1.807) is 0 Å². The minimum atomic E-state index is 0.330. The van der Waals surface area contributed by atoms with E-state index in [0.717, 1.165) is 82.4 Å². The van der Waals surface area contributed by atoms with Crippen LogP contribution in [0.1, 0.15) is 49.4 Å². The first kappa shape index (κ1) is 21.4. The summed E-state index contributed by atoms with van der Waals surface area (Å²) in [6.45, 7) is 2.12. The van der Waals surface area contributed by atoms with Crippen LogP contribution in [0.5, 0.6) is 0 Å². The van der Waals surface area contributed by atoms with Crippen molar-refractivity contribution in [2.24, 2.45) is 0 Å². The SMILES string of the molecule is c1cc(-c2cnc([C@@H]3CCCN3)[nH]2)ccc1-c1ncc2cc(-c3cnc([C@@H]4CCCN4)[nH]3)ccc2n1. The first-order chi connectivity index (χ1) is 17.8. The van der Waals surface area contributed by atoms with Gasteiger partial charge in [0.15, 0.2) is 5.82 Å². The van der Waals surface area contributed by atoms with E-state index in [-0.39, 0.29) is 0 Å². The molecule has 2 aromatic carbocycles. The van der Waals surface area contributed by atoms with Crippen molar-refractivity contribution in [3.05, 3.63) is 72.7 Å². The maximum Gasteiger partial charge on any atom is 0.159 e. The molecule has 36 heavy (non-hydrogen) atoms. The minimum Gasteiger partial charge on any atom is -0.341 e. The van der Waals surface area contributed by atoms with Gasteiger partial charge in [-0.05, 0) is 56.5 Å². The molecule has 0 bridgehead atoms. The molecule has 8 heteroatoms. The fourth-order valence-corrected chi connectivity index (χ4v) is 5.30. The fourth-order valence-electron chi connectivity index (χ4n) is 5.30. The van der Waals surface area contributed by atoms with Crippen molar-refractivity contribution in [2.75, 3.05) is 13.1 Å². The highest BCUT2D eigenvalue weighted by molar-refractivity contribution is 5.84. The molecule has 180 valence electrons. The Labute approximate surface area is 209 Å². The van der Waals surface area contributed by atoms with E-state index in [1.165, 1.54) is 12.8 Å². The van der Waals surface area contributed by atoms with Gasteiger partial charge in [-0.25, -0.2) is 19.9 Å². The van der Waals surface area contributed by atoms with Crippen molar-refractivity contribution in [2.45, 2.75) is 37.8 Å². The number of aromatic nitrogens is 6. The second-order valence-electron chi connectivity index (χ2n) is 9.71. The molecular formula is C28H28N8. The van der Waals surface area contributed by atoms with Gasteiger partial charge in [-0.1, -0.05) is 30.3 Å². The molecule has 7 rings (SSSR count). The van der Waals surface area contributed by atoms with Gasteiger partial charge in [-0.15, -0.1) is 0 Å². The summed E-state index contributed by atoms with van der Waals surface area (Å²) in [7, 11) is 0. The smallest absolute Gasteiger partial charge is 0.159 e. The molecule has 5 aromatic rings. The van der Waals surface area contributed by atoms with Gasteiger partial charge >= 0.3 is 0 Å². The quantitative estimate of drug-likeness (QED) is 0.287. The molecule has 8 nitrogen and oxygen atoms in total. The monoisotopic (exact) mass is 476 g/mol. The van der Waals surface area contributed by atoms with Gasteiger partial charge in [-0.2, -0.15) is 0 Å². The van der Waals surface area contributed by atoms with Gasteiger partial charge < -0.3 is 20.6 Å². The third-order valence-corrected chi connectivity index (χ3v) is 7.32. The summed E-state index contributed by atoms with van der Waals surface area (Å²) < 4.78 is 0. The molecule has 4 N–H and O–H groups in total. The van der Waals surface area contributed by atoms with Crippen LogP contribution in [-0.4, -0.2) is 43.0 Å². The Morgan fingerprint density at radius 1 is 0.639 bits per heavy atom. The van der Waals surface area contributed by atoms with Crippen LogP contribution in [-0.2, 0) is 0 Å². The topological polar surface area (TPSA) is 107 Å². The molecule has 0 amide bonds. The molecule has 3 aromatic heterocycles. The van der Waals surface area contributed by atoms with E-state index in [4.69, 9.17) is 4.98 Å². The molecule has 0 spiro atoms. The molecule has 2 fully saturated rings. The van der Waals surface area contributed by atoms with E-state index in [1.807, 2.05) is 18.6 Å². The molecule has 0 unspecified atom stereocenters. The van der Waals surface area contributed by atoms with Crippen LogP contribution in [0.4, 0.5) is 0 Å². The van der Waals surface area contributed by atoms with E-state index < -0.39 is 0 Å². The molecule has 0 radical (unpaired) electrons. The summed E-state index contributed by atoms with van der Waals surface area (Å²) in [5.41, 5.74) is 6.16. The summed E-state index contributed by atoms with van der Waals surface area (Å²) in [6.07, 6.45) is 10.4. The van der Waals surface area contributed by atoms with Gasteiger partial charge in [0.1, 0.15) is 11.6 Å². The predicted octanol–water partition coefficient (Wildman–Crippen LogP) is 4.93. The zero-order valence-electron chi connectivity index (χ0n) is 20.0. The van der Waals surface area contributed by atoms with E-state index in [0.29, 0.717) is 12.1 Å². The lowest BCUT2D eigenvalue weighted by molar-refractivity contribution is 0.613. The first-order valence-electron chi connectivity index (χ1n) is 12.7. The van der Waals surface area contributed by atoms with Crippen molar-refractivity contribution >= 4 is 10.9 Å².